The lowest BCUT2D eigenvalue weighted by Crippen LogP contribution is -2.22. The summed E-state index contributed by atoms with van der Waals surface area (Å²) in [7, 11) is 1.95. The van der Waals surface area contributed by atoms with Gasteiger partial charge in [0, 0.05) is 37.1 Å². The summed E-state index contributed by atoms with van der Waals surface area (Å²) in [6, 6.07) is 11.9. The molecule has 18 heavy (non-hydrogen) atoms. The lowest BCUT2D eigenvalue weighted by atomic mass is 10.1. The summed E-state index contributed by atoms with van der Waals surface area (Å²) in [5.74, 6) is 0. The molecule has 1 atom stereocenters. The number of benzene rings is 1. The summed E-state index contributed by atoms with van der Waals surface area (Å²) in [6.45, 7) is 2.89. The second-order valence-corrected chi connectivity index (χ2v) is 4.48. The zero-order valence-corrected chi connectivity index (χ0v) is 10.8. The Morgan fingerprint density at radius 2 is 1.72 bits per heavy atom. The third-order valence-corrected chi connectivity index (χ3v) is 3.08. The summed E-state index contributed by atoms with van der Waals surface area (Å²) < 4.78 is 2.02. The van der Waals surface area contributed by atoms with Gasteiger partial charge in [-0.1, -0.05) is 29.8 Å². The first kappa shape index (κ1) is 12.6. The summed E-state index contributed by atoms with van der Waals surface area (Å²) in [6.07, 6.45) is 3.64. The molecule has 2 aromatic rings. The van der Waals surface area contributed by atoms with Gasteiger partial charge in [-0.25, -0.2) is 0 Å². The number of rotatable bonds is 4. The van der Waals surface area contributed by atoms with Crippen LogP contribution in [0.15, 0.2) is 53.6 Å². The Bertz CT molecular complexity index is 537. The van der Waals surface area contributed by atoms with Gasteiger partial charge in [0.25, 0.3) is 0 Å². The van der Waals surface area contributed by atoms with Crippen LogP contribution >= 0.6 is 0 Å². The zero-order chi connectivity index (χ0) is 13.0. The molecular weight excluding hydrogens is 224 g/mol. The van der Waals surface area contributed by atoms with Gasteiger partial charge in [-0.3, -0.25) is 4.79 Å². The highest BCUT2D eigenvalue weighted by Gasteiger charge is 2.08. The molecule has 94 valence electrons. The van der Waals surface area contributed by atoms with E-state index in [0.29, 0.717) is 0 Å². The van der Waals surface area contributed by atoms with E-state index in [1.165, 1.54) is 11.1 Å². The second kappa shape index (κ2) is 5.65. The molecule has 0 aliphatic heterocycles. The van der Waals surface area contributed by atoms with E-state index in [-0.39, 0.29) is 11.5 Å². The van der Waals surface area contributed by atoms with Crippen molar-refractivity contribution in [3.63, 3.8) is 0 Å². The third kappa shape index (κ3) is 3.08. The molecule has 1 aromatic carbocycles. The van der Waals surface area contributed by atoms with Crippen molar-refractivity contribution < 1.29 is 0 Å². The summed E-state index contributed by atoms with van der Waals surface area (Å²) in [5.41, 5.74) is 2.56. The van der Waals surface area contributed by atoms with Gasteiger partial charge in [0.2, 0.25) is 0 Å². The van der Waals surface area contributed by atoms with Gasteiger partial charge in [0.05, 0.1) is 0 Å². The molecule has 0 aliphatic carbocycles. The molecule has 0 bridgehead atoms. The Morgan fingerprint density at radius 3 is 2.28 bits per heavy atom. The predicted octanol–water partition coefficient (Wildman–Crippen LogP) is 2.12. The van der Waals surface area contributed by atoms with Crippen LogP contribution < -0.4 is 10.7 Å². The summed E-state index contributed by atoms with van der Waals surface area (Å²) in [4.78, 5) is 11.1. The maximum Gasteiger partial charge on any atom is 0.181 e. The Morgan fingerprint density at radius 1 is 1.11 bits per heavy atom. The number of pyridine rings is 1. The minimum Gasteiger partial charge on any atom is -0.352 e. The van der Waals surface area contributed by atoms with Crippen LogP contribution in [0.4, 0.5) is 0 Å². The normalized spacial score (nSPS) is 12.3. The molecule has 1 unspecified atom stereocenters. The van der Waals surface area contributed by atoms with Crippen LogP contribution in [0.2, 0.25) is 0 Å². The molecule has 1 heterocycles. The number of hydrogen-bond donors (Lipinski definition) is 1. The van der Waals surface area contributed by atoms with Crippen molar-refractivity contribution in [3.05, 3.63) is 70.1 Å². The maximum atomic E-state index is 11.1. The molecule has 3 nitrogen and oxygen atoms in total. The van der Waals surface area contributed by atoms with Crippen LogP contribution in [0.3, 0.4) is 0 Å². The minimum atomic E-state index is 0.0441. The highest BCUT2D eigenvalue weighted by atomic mass is 16.1. The van der Waals surface area contributed by atoms with Crippen molar-refractivity contribution in [3.8, 4) is 0 Å². The van der Waals surface area contributed by atoms with E-state index in [1.807, 2.05) is 24.0 Å². The zero-order valence-electron chi connectivity index (χ0n) is 10.8. The maximum absolute atomic E-state index is 11.1. The predicted molar refractivity (Wildman–Crippen MR) is 73.7 cm³/mol. The average molecular weight is 242 g/mol. The highest BCUT2D eigenvalue weighted by Crippen LogP contribution is 2.15. The van der Waals surface area contributed by atoms with Crippen LogP contribution in [-0.4, -0.2) is 11.6 Å². The lowest BCUT2D eigenvalue weighted by Gasteiger charge is -2.18. The van der Waals surface area contributed by atoms with Crippen LogP contribution in [0.1, 0.15) is 17.2 Å². The van der Waals surface area contributed by atoms with E-state index >= 15 is 0 Å². The number of likely N-dealkylation sites (N-methyl/N-ethyl adjacent to an activating group) is 1. The smallest absolute Gasteiger partial charge is 0.181 e. The first-order valence-corrected chi connectivity index (χ1v) is 6.09. The molecule has 0 fully saturated rings. The number of nitrogens with one attached hydrogen (secondary N) is 1. The van der Waals surface area contributed by atoms with Gasteiger partial charge in [-0.2, -0.15) is 0 Å². The van der Waals surface area contributed by atoms with Crippen molar-refractivity contribution >= 4 is 0 Å². The molecule has 0 amide bonds. The van der Waals surface area contributed by atoms with E-state index in [1.54, 1.807) is 12.1 Å². The van der Waals surface area contributed by atoms with Crippen molar-refractivity contribution in [1.82, 2.24) is 9.88 Å². The molecule has 0 spiro atoms. The minimum absolute atomic E-state index is 0.0441. The molecule has 0 saturated heterocycles. The van der Waals surface area contributed by atoms with Crippen LogP contribution in [0.5, 0.6) is 0 Å². The Hall–Kier alpha value is -1.87. The van der Waals surface area contributed by atoms with Gasteiger partial charge < -0.3 is 9.88 Å². The SMILES string of the molecule is CNC(Cn1ccc(=O)cc1)c1ccc(C)cc1. The van der Waals surface area contributed by atoms with Crippen LogP contribution in [-0.2, 0) is 6.54 Å². The van der Waals surface area contributed by atoms with E-state index < -0.39 is 0 Å². The number of aromatic nitrogens is 1. The molecule has 1 N–H and O–H groups in total. The fraction of sp³-hybridized carbons (Fsp3) is 0.267. The molecule has 3 heteroatoms. The van der Waals surface area contributed by atoms with Crippen LogP contribution in [0, 0.1) is 6.92 Å². The first-order valence-electron chi connectivity index (χ1n) is 6.09. The largest absolute Gasteiger partial charge is 0.352 e. The van der Waals surface area contributed by atoms with Crippen molar-refractivity contribution in [1.29, 1.82) is 0 Å². The van der Waals surface area contributed by atoms with Crippen LogP contribution in [0.25, 0.3) is 0 Å². The average Bonchev–Trinajstić information content (AvgIpc) is 2.39. The number of aryl methyl sites for hydroxylation is 1. The molecule has 2 rings (SSSR count). The Labute approximate surface area is 107 Å². The van der Waals surface area contributed by atoms with E-state index in [2.05, 4.69) is 36.5 Å². The van der Waals surface area contributed by atoms with E-state index in [0.717, 1.165) is 6.54 Å². The Kier molecular flexibility index (Phi) is 3.95. The number of nitrogens with zero attached hydrogens (tertiary/aromatic N) is 1. The van der Waals surface area contributed by atoms with E-state index in [9.17, 15) is 4.79 Å². The number of hydrogen-bond acceptors (Lipinski definition) is 2. The van der Waals surface area contributed by atoms with Gasteiger partial charge in [0.15, 0.2) is 5.43 Å². The molecule has 0 radical (unpaired) electrons. The quantitative estimate of drug-likeness (QED) is 0.891. The van der Waals surface area contributed by atoms with E-state index in [4.69, 9.17) is 0 Å². The van der Waals surface area contributed by atoms with Gasteiger partial charge >= 0.3 is 0 Å². The van der Waals surface area contributed by atoms with Crippen molar-refractivity contribution in [2.45, 2.75) is 19.5 Å². The molecular formula is C15H18N2O. The molecule has 0 saturated carbocycles. The highest BCUT2D eigenvalue weighted by molar-refractivity contribution is 5.24. The first-order chi connectivity index (χ1) is 8.69. The van der Waals surface area contributed by atoms with Gasteiger partial charge in [-0.05, 0) is 19.5 Å². The monoisotopic (exact) mass is 242 g/mol. The van der Waals surface area contributed by atoms with Crippen molar-refractivity contribution in [2.24, 2.45) is 0 Å². The Balaban J connectivity index is 2.16. The molecule has 1 aromatic heterocycles. The fourth-order valence-corrected chi connectivity index (χ4v) is 1.94. The van der Waals surface area contributed by atoms with Crippen molar-refractivity contribution in [2.75, 3.05) is 7.05 Å². The molecule has 0 aliphatic rings. The summed E-state index contributed by atoms with van der Waals surface area (Å²) in [5, 5.41) is 3.30. The van der Waals surface area contributed by atoms with Gasteiger partial charge in [0.1, 0.15) is 0 Å². The second-order valence-electron chi connectivity index (χ2n) is 4.48. The standard InChI is InChI=1S/C15H18N2O/c1-12-3-5-13(6-4-12)15(16-2)11-17-9-7-14(18)8-10-17/h3-10,15-16H,11H2,1-2H3. The summed E-state index contributed by atoms with van der Waals surface area (Å²) >= 11 is 0. The third-order valence-electron chi connectivity index (χ3n) is 3.08. The lowest BCUT2D eigenvalue weighted by molar-refractivity contribution is 0.498. The topological polar surface area (TPSA) is 34.0 Å². The fourth-order valence-electron chi connectivity index (χ4n) is 1.94. The van der Waals surface area contributed by atoms with Gasteiger partial charge in [-0.15, -0.1) is 0 Å².